The van der Waals surface area contributed by atoms with Crippen LogP contribution in [0.4, 0.5) is 34.1 Å². The quantitative estimate of drug-likeness (QED) is 0.307. The van der Waals surface area contributed by atoms with Crippen molar-refractivity contribution in [3.63, 3.8) is 0 Å². The minimum Gasteiger partial charge on any atom is -0.337 e. The normalized spacial score (nSPS) is 11.5. The summed E-state index contributed by atoms with van der Waals surface area (Å²) in [5.41, 5.74) is 1.17. The third-order valence-electron chi connectivity index (χ3n) is 5.00. The molecular formula is C24H22ClF3N4O4S. The first-order valence-corrected chi connectivity index (χ1v) is 12.6. The van der Waals surface area contributed by atoms with Gasteiger partial charge in [0.05, 0.1) is 15.5 Å². The van der Waals surface area contributed by atoms with Crippen molar-refractivity contribution in [1.29, 1.82) is 0 Å². The van der Waals surface area contributed by atoms with Gasteiger partial charge in [0.1, 0.15) is 0 Å². The van der Waals surface area contributed by atoms with Crippen LogP contribution < -0.4 is 20.7 Å². The highest BCUT2D eigenvalue weighted by molar-refractivity contribution is 7.90. The average molecular weight is 555 g/mol. The molecule has 0 aliphatic carbocycles. The first kappa shape index (κ1) is 27.8. The van der Waals surface area contributed by atoms with Crippen LogP contribution in [0.15, 0.2) is 71.6 Å². The first-order chi connectivity index (χ1) is 17.3. The summed E-state index contributed by atoms with van der Waals surface area (Å²) >= 11 is 5.65. The van der Waals surface area contributed by atoms with E-state index in [-0.39, 0.29) is 17.1 Å². The van der Waals surface area contributed by atoms with Crippen molar-refractivity contribution in [3.05, 3.63) is 88.4 Å². The van der Waals surface area contributed by atoms with Crippen molar-refractivity contribution in [1.82, 2.24) is 10.0 Å². The van der Waals surface area contributed by atoms with Gasteiger partial charge in [-0.25, -0.2) is 22.7 Å². The molecule has 0 spiro atoms. The lowest BCUT2D eigenvalue weighted by atomic mass is 10.1. The maximum absolute atomic E-state index is 12.8. The van der Waals surface area contributed by atoms with E-state index in [1.165, 1.54) is 12.1 Å². The molecule has 0 radical (unpaired) electrons. The van der Waals surface area contributed by atoms with E-state index in [1.807, 2.05) is 11.6 Å². The zero-order chi connectivity index (χ0) is 27.2. The molecule has 0 fully saturated rings. The van der Waals surface area contributed by atoms with Gasteiger partial charge in [-0.1, -0.05) is 41.4 Å². The lowest BCUT2D eigenvalue weighted by Crippen LogP contribution is -2.40. The van der Waals surface area contributed by atoms with Crippen molar-refractivity contribution < 1.29 is 31.2 Å². The van der Waals surface area contributed by atoms with Crippen LogP contribution in [0.1, 0.15) is 16.7 Å². The molecule has 0 saturated carbocycles. The van der Waals surface area contributed by atoms with Gasteiger partial charge in [0.25, 0.3) is 10.0 Å². The van der Waals surface area contributed by atoms with E-state index in [4.69, 9.17) is 11.6 Å². The standard InChI is InChI=1S/C24H22ClF3N4O4S/c1-15-2-9-19(10-3-15)37(35,36)32-22(33)29-13-12-16-4-6-17(7-5-16)30-23(34)31-18-8-11-20(21(25)14-18)24(26,27)28/h2-11,14H,12-13H2,1H3,(H2,29,32,33)(H2,30,31,34). The maximum atomic E-state index is 12.8. The third-order valence-corrected chi connectivity index (χ3v) is 6.66. The molecule has 0 bridgehead atoms. The van der Waals surface area contributed by atoms with Gasteiger partial charge in [-0.15, -0.1) is 0 Å². The number of amides is 4. The van der Waals surface area contributed by atoms with Gasteiger partial charge in [0, 0.05) is 17.9 Å². The summed E-state index contributed by atoms with van der Waals surface area (Å²) in [7, 11) is -3.99. The number of sulfonamides is 1. The number of carbonyl (C=O) groups is 2. The van der Waals surface area contributed by atoms with Crippen LogP contribution in [-0.2, 0) is 22.6 Å². The van der Waals surface area contributed by atoms with Crippen LogP contribution in [-0.4, -0.2) is 27.0 Å². The van der Waals surface area contributed by atoms with Crippen LogP contribution in [0.25, 0.3) is 0 Å². The monoisotopic (exact) mass is 554 g/mol. The van der Waals surface area contributed by atoms with E-state index in [1.54, 1.807) is 36.4 Å². The summed E-state index contributed by atoms with van der Waals surface area (Å²) in [6, 6.07) is 13.9. The number of halogens is 4. The lowest BCUT2D eigenvalue weighted by Gasteiger charge is -2.12. The molecule has 0 aliphatic rings. The number of alkyl halides is 3. The molecule has 0 saturated heterocycles. The summed E-state index contributed by atoms with van der Waals surface area (Å²) in [6.45, 7) is 1.96. The summed E-state index contributed by atoms with van der Waals surface area (Å²) in [6.07, 6.45) is -4.22. The van der Waals surface area contributed by atoms with Gasteiger partial charge in [-0.05, 0) is 61.4 Å². The number of rotatable bonds is 7. The Morgan fingerprint density at radius 2 is 1.46 bits per heavy atom. The number of carbonyl (C=O) groups excluding carboxylic acids is 2. The van der Waals surface area contributed by atoms with E-state index < -0.39 is 38.8 Å². The van der Waals surface area contributed by atoms with Gasteiger partial charge in [-0.3, -0.25) is 0 Å². The zero-order valence-electron chi connectivity index (χ0n) is 19.3. The molecule has 8 nitrogen and oxygen atoms in total. The minimum absolute atomic E-state index is 0.0261. The smallest absolute Gasteiger partial charge is 0.337 e. The molecule has 3 aromatic rings. The van der Waals surface area contributed by atoms with Crippen LogP contribution in [0.3, 0.4) is 0 Å². The molecule has 196 valence electrons. The Balaban J connectivity index is 1.46. The molecule has 3 aromatic carbocycles. The van der Waals surface area contributed by atoms with Crippen molar-refractivity contribution in [2.45, 2.75) is 24.4 Å². The van der Waals surface area contributed by atoms with Gasteiger partial charge in [0.2, 0.25) is 0 Å². The van der Waals surface area contributed by atoms with Crippen molar-refractivity contribution in [3.8, 4) is 0 Å². The van der Waals surface area contributed by atoms with E-state index >= 15 is 0 Å². The SMILES string of the molecule is Cc1ccc(S(=O)(=O)NC(=O)NCCc2ccc(NC(=O)Nc3ccc(C(F)(F)F)c(Cl)c3)cc2)cc1. The fourth-order valence-corrected chi connectivity index (χ4v) is 4.34. The number of nitrogens with one attached hydrogen (secondary N) is 4. The molecule has 4 amide bonds. The van der Waals surface area contributed by atoms with Crippen LogP contribution in [0.2, 0.25) is 5.02 Å². The minimum atomic E-state index is -4.60. The summed E-state index contributed by atoms with van der Waals surface area (Å²) in [5.74, 6) is 0. The second-order valence-corrected chi connectivity index (χ2v) is 9.98. The Labute approximate surface area is 216 Å². The molecule has 13 heteroatoms. The fraction of sp³-hybridized carbons (Fsp3) is 0.167. The highest BCUT2D eigenvalue weighted by Crippen LogP contribution is 2.35. The van der Waals surface area contributed by atoms with E-state index in [0.29, 0.717) is 12.1 Å². The molecular weight excluding hydrogens is 533 g/mol. The molecule has 3 rings (SSSR count). The number of benzene rings is 3. The van der Waals surface area contributed by atoms with Crippen molar-refractivity contribution in [2.75, 3.05) is 17.2 Å². The molecule has 0 unspecified atom stereocenters. The maximum Gasteiger partial charge on any atom is 0.417 e. The third kappa shape index (κ3) is 8.12. The molecule has 0 heterocycles. The first-order valence-electron chi connectivity index (χ1n) is 10.7. The highest BCUT2D eigenvalue weighted by atomic mass is 35.5. The molecule has 4 N–H and O–H groups in total. The topological polar surface area (TPSA) is 116 Å². The van der Waals surface area contributed by atoms with Crippen LogP contribution >= 0.6 is 11.6 Å². The van der Waals surface area contributed by atoms with Crippen LogP contribution in [0, 0.1) is 6.92 Å². The predicted molar refractivity (Wildman–Crippen MR) is 134 cm³/mol. The van der Waals surface area contributed by atoms with Crippen LogP contribution in [0.5, 0.6) is 0 Å². The Hall–Kier alpha value is -3.77. The highest BCUT2D eigenvalue weighted by Gasteiger charge is 2.33. The second-order valence-electron chi connectivity index (χ2n) is 7.89. The predicted octanol–water partition coefficient (Wildman–Crippen LogP) is 5.54. The number of anilines is 2. The summed E-state index contributed by atoms with van der Waals surface area (Å²) in [4.78, 5) is 24.1. The number of hydrogen-bond donors (Lipinski definition) is 4. The molecule has 0 atom stereocenters. The molecule has 0 aliphatic heterocycles. The summed E-state index contributed by atoms with van der Waals surface area (Å²) in [5, 5.41) is 6.87. The lowest BCUT2D eigenvalue weighted by molar-refractivity contribution is -0.137. The number of hydrogen-bond acceptors (Lipinski definition) is 4. The number of aryl methyl sites for hydroxylation is 1. The Bertz CT molecular complexity index is 1380. The summed E-state index contributed by atoms with van der Waals surface area (Å²) < 4.78 is 64.8. The molecule has 0 aromatic heterocycles. The fourth-order valence-electron chi connectivity index (χ4n) is 3.13. The van der Waals surface area contributed by atoms with E-state index in [9.17, 15) is 31.2 Å². The zero-order valence-corrected chi connectivity index (χ0v) is 20.9. The molecule has 37 heavy (non-hydrogen) atoms. The number of urea groups is 2. The van der Waals surface area contributed by atoms with Gasteiger partial charge < -0.3 is 16.0 Å². The largest absolute Gasteiger partial charge is 0.417 e. The van der Waals surface area contributed by atoms with E-state index in [2.05, 4.69) is 16.0 Å². The Kier molecular flexibility index (Phi) is 8.66. The van der Waals surface area contributed by atoms with Gasteiger partial charge in [-0.2, -0.15) is 13.2 Å². The average Bonchev–Trinajstić information content (AvgIpc) is 2.79. The van der Waals surface area contributed by atoms with Gasteiger partial charge in [0.15, 0.2) is 0 Å². The van der Waals surface area contributed by atoms with Crippen molar-refractivity contribution in [2.24, 2.45) is 0 Å². The second kappa shape index (κ2) is 11.5. The van der Waals surface area contributed by atoms with Crippen molar-refractivity contribution >= 4 is 45.1 Å². The Morgan fingerprint density at radius 1 is 0.865 bits per heavy atom. The van der Waals surface area contributed by atoms with E-state index in [0.717, 1.165) is 29.3 Å². The Morgan fingerprint density at radius 3 is 2.05 bits per heavy atom. The van der Waals surface area contributed by atoms with Gasteiger partial charge >= 0.3 is 18.2 Å².